The second-order valence-electron chi connectivity index (χ2n) is 4.42. The van der Waals surface area contributed by atoms with Crippen molar-refractivity contribution in [1.82, 2.24) is 0 Å². The predicted molar refractivity (Wildman–Crippen MR) is 80.8 cm³/mol. The molecule has 0 N–H and O–H groups in total. The Morgan fingerprint density at radius 3 is 2.10 bits per heavy atom. The lowest BCUT2D eigenvalue weighted by molar-refractivity contribution is -0.128. The number of ether oxygens (including phenoxy) is 1. The molecule has 2 nitrogen and oxygen atoms in total. The maximum absolute atomic E-state index is 11.7. The molecule has 0 aromatic heterocycles. The summed E-state index contributed by atoms with van der Waals surface area (Å²) in [4.78, 5) is 11.7. The van der Waals surface area contributed by atoms with E-state index in [-0.39, 0.29) is 0 Å². The van der Waals surface area contributed by atoms with Gasteiger partial charge in [0, 0.05) is 10.8 Å². The van der Waals surface area contributed by atoms with Gasteiger partial charge in [0.05, 0.1) is 6.08 Å². The fourth-order valence-electron chi connectivity index (χ4n) is 2.30. The summed E-state index contributed by atoms with van der Waals surface area (Å²) in [6, 6.07) is 17.8. The minimum absolute atomic E-state index is 0.471. The third-order valence-corrected chi connectivity index (χ3v) is 3.14. The van der Waals surface area contributed by atoms with Gasteiger partial charge in [-0.15, -0.1) is 5.73 Å². The molecule has 3 aromatic carbocycles. The number of fused-ring (bicyclic) bond motifs is 2. The first-order chi connectivity index (χ1) is 9.79. The highest BCUT2D eigenvalue weighted by atomic mass is 16.5. The van der Waals surface area contributed by atoms with E-state index in [4.69, 9.17) is 4.74 Å². The van der Waals surface area contributed by atoms with E-state index in [1.807, 2.05) is 48.5 Å². The van der Waals surface area contributed by atoms with Crippen molar-refractivity contribution in [1.29, 1.82) is 0 Å². The Morgan fingerprint density at radius 1 is 1.00 bits per heavy atom. The second-order valence-corrected chi connectivity index (χ2v) is 4.42. The van der Waals surface area contributed by atoms with E-state index in [1.165, 1.54) is 6.08 Å². The van der Waals surface area contributed by atoms with Crippen molar-refractivity contribution >= 4 is 27.5 Å². The molecule has 0 heterocycles. The van der Waals surface area contributed by atoms with E-state index in [9.17, 15) is 4.79 Å². The highest BCUT2D eigenvalue weighted by Crippen LogP contribution is 2.34. The van der Waals surface area contributed by atoms with Gasteiger partial charge in [-0.25, -0.2) is 4.79 Å². The van der Waals surface area contributed by atoms with E-state index < -0.39 is 5.97 Å². The fraction of sp³-hybridized carbons (Fsp3) is 0. The first-order valence-corrected chi connectivity index (χ1v) is 6.28. The lowest BCUT2D eigenvalue weighted by Gasteiger charge is -2.10. The molecule has 0 fully saturated rings. The first kappa shape index (κ1) is 12.2. The molecule has 0 bridgehead atoms. The number of esters is 1. The Hall–Kier alpha value is -2.83. The summed E-state index contributed by atoms with van der Waals surface area (Å²) in [6.07, 6.45) is 1.19. The molecule has 0 amide bonds. The van der Waals surface area contributed by atoms with Gasteiger partial charge in [0.25, 0.3) is 0 Å². The van der Waals surface area contributed by atoms with Crippen LogP contribution in [0.5, 0.6) is 5.75 Å². The molecule has 0 aliphatic heterocycles. The Bertz CT molecular complexity index is 802. The molecule has 3 aromatic rings. The minimum Gasteiger partial charge on any atom is -0.422 e. The monoisotopic (exact) mass is 260 g/mol. The number of rotatable bonds is 2. The molecular weight excluding hydrogens is 248 g/mol. The van der Waals surface area contributed by atoms with Crippen LogP contribution < -0.4 is 4.74 Å². The Labute approximate surface area is 116 Å². The van der Waals surface area contributed by atoms with Gasteiger partial charge in [-0.1, -0.05) is 55.1 Å². The van der Waals surface area contributed by atoms with Crippen molar-refractivity contribution < 1.29 is 9.53 Å². The Morgan fingerprint density at radius 2 is 1.55 bits per heavy atom. The molecule has 0 aliphatic rings. The molecule has 0 radical (unpaired) electrons. The van der Waals surface area contributed by atoms with Crippen LogP contribution in [0, 0.1) is 0 Å². The first-order valence-electron chi connectivity index (χ1n) is 6.28. The van der Waals surface area contributed by atoms with Gasteiger partial charge >= 0.3 is 5.97 Å². The van der Waals surface area contributed by atoms with Gasteiger partial charge in [-0.3, -0.25) is 0 Å². The van der Waals surface area contributed by atoms with Crippen LogP contribution in [0.25, 0.3) is 21.5 Å². The number of carbonyl (C=O) groups excluding carboxylic acids is 1. The van der Waals surface area contributed by atoms with Crippen LogP contribution in [0.2, 0.25) is 0 Å². The summed E-state index contributed by atoms with van der Waals surface area (Å²) in [5.74, 6) is 0.108. The molecule has 20 heavy (non-hydrogen) atoms. The molecule has 0 spiro atoms. The standard InChI is InChI=1S/C18H12O2/c1-2-7-17(19)20-18-15-10-5-3-8-13(15)12-14-9-4-6-11-16(14)18/h3-12H,1H2. The number of benzene rings is 3. The highest BCUT2D eigenvalue weighted by Gasteiger charge is 2.10. The summed E-state index contributed by atoms with van der Waals surface area (Å²) < 4.78 is 5.48. The molecule has 0 unspecified atom stereocenters. The zero-order valence-electron chi connectivity index (χ0n) is 10.8. The minimum atomic E-state index is -0.471. The molecule has 2 heteroatoms. The van der Waals surface area contributed by atoms with Crippen molar-refractivity contribution in [2.75, 3.05) is 0 Å². The quantitative estimate of drug-likeness (QED) is 0.226. The summed E-state index contributed by atoms with van der Waals surface area (Å²) in [6.45, 7) is 3.39. The fourth-order valence-corrected chi connectivity index (χ4v) is 2.30. The normalized spacial score (nSPS) is 10.2. The molecular formula is C18H12O2. The maximum Gasteiger partial charge on any atom is 0.344 e. The summed E-state index contributed by atoms with van der Waals surface area (Å²) in [5, 5.41) is 3.90. The van der Waals surface area contributed by atoms with Crippen LogP contribution in [-0.4, -0.2) is 5.97 Å². The zero-order valence-corrected chi connectivity index (χ0v) is 10.8. The third kappa shape index (κ3) is 2.09. The number of hydrogen-bond acceptors (Lipinski definition) is 2. The lowest BCUT2D eigenvalue weighted by atomic mass is 10.0. The predicted octanol–water partition coefficient (Wildman–Crippen LogP) is 4.24. The highest BCUT2D eigenvalue weighted by molar-refractivity contribution is 6.06. The van der Waals surface area contributed by atoms with E-state index >= 15 is 0 Å². The summed E-state index contributed by atoms with van der Waals surface area (Å²) >= 11 is 0. The summed E-state index contributed by atoms with van der Waals surface area (Å²) in [7, 11) is 0. The van der Waals surface area contributed by atoms with Crippen molar-refractivity contribution in [3.05, 3.63) is 73.0 Å². The van der Waals surface area contributed by atoms with Crippen LogP contribution >= 0.6 is 0 Å². The van der Waals surface area contributed by atoms with E-state index in [0.29, 0.717) is 5.75 Å². The average Bonchev–Trinajstić information content (AvgIpc) is 2.47. The van der Waals surface area contributed by atoms with Crippen molar-refractivity contribution in [2.45, 2.75) is 0 Å². The van der Waals surface area contributed by atoms with Crippen molar-refractivity contribution in [2.24, 2.45) is 0 Å². The topological polar surface area (TPSA) is 26.3 Å². The van der Waals surface area contributed by atoms with Gasteiger partial charge in [-0.2, -0.15) is 0 Å². The van der Waals surface area contributed by atoms with E-state index in [1.54, 1.807) is 0 Å². The van der Waals surface area contributed by atoms with Crippen molar-refractivity contribution in [3.8, 4) is 5.75 Å². The average molecular weight is 260 g/mol. The largest absolute Gasteiger partial charge is 0.422 e. The molecule has 0 saturated heterocycles. The Kier molecular flexibility index (Phi) is 3.08. The third-order valence-electron chi connectivity index (χ3n) is 3.14. The van der Waals surface area contributed by atoms with Crippen LogP contribution in [0.1, 0.15) is 0 Å². The zero-order chi connectivity index (χ0) is 13.9. The molecule has 3 rings (SSSR count). The van der Waals surface area contributed by atoms with Crippen molar-refractivity contribution in [3.63, 3.8) is 0 Å². The molecule has 96 valence electrons. The number of carbonyl (C=O) groups is 1. The molecule has 0 atom stereocenters. The Balaban J connectivity index is 2.33. The maximum atomic E-state index is 11.7. The van der Waals surface area contributed by atoms with Gasteiger partial charge in [0.2, 0.25) is 0 Å². The van der Waals surface area contributed by atoms with Gasteiger partial charge < -0.3 is 4.74 Å². The van der Waals surface area contributed by atoms with Crippen LogP contribution in [0.3, 0.4) is 0 Å². The number of hydrogen-bond donors (Lipinski definition) is 0. The molecule has 0 saturated carbocycles. The van der Waals surface area contributed by atoms with Crippen LogP contribution in [-0.2, 0) is 4.79 Å². The van der Waals surface area contributed by atoms with Crippen LogP contribution in [0.15, 0.2) is 73.0 Å². The van der Waals surface area contributed by atoms with Gasteiger partial charge in [0.15, 0.2) is 0 Å². The molecule has 0 aliphatic carbocycles. The second kappa shape index (κ2) is 5.04. The van der Waals surface area contributed by atoms with E-state index in [2.05, 4.69) is 18.4 Å². The lowest BCUT2D eigenvalue weighted by Crippen LogP contribution is -2.04. The SMILES string of the molecule is C=C=CC(=O)Oc1c2ccccc2cc2ccccc12. The summed E-state index contributed by atoms with van der Waals surface area (Å²) in [5.41, 5.74) is 2.43. The van der Waals surface area contributed by atoms with Gasteiger partial charge in [0.1, 0.15) is 5.75 Å². The smallest absolute Gasteiger partial charge is 0.344 e. The van der Waals surface area contributed by atoms with E-state index in [0.717, 1.165) is 21.5 Å². The van der Waals surface area contributed by atoms with Crippen LogP contribution in [0.4, 0.5) is 0 Å². The van der Waals surface area contributed by atoms with Gasteiger partial charge in [-0.05, 0) is 16.8 Å².